The van der Waals surface area contributed by atoms with E-state index < -0.39 is 10.1 Å². The average Bonchev–Trinajstić information content (AvgIpc) is 2.35. The molecule has 0 aromatic heterocycles. The van der Waals surface area contributed by atoms with Crippen LogP contribution in [0.4, 0.5) is 0 Å². The molecule has 0 spiro atoms. The van der Waals surface area contributed by atoms with Crippen LogP contribution in [-0.4, -0.2) is 27.4 Å². The predicted octanol–water partition coefficient (Wildman–Crippen LogP) is 2.21. The molecule has 4 nitrogen and oxygen atoms in total. The molecule has 0 aliphatic rings. The summed E-state index contributed by atoms with van der Waals surface area (Å²) in [7, 11) is -3.30. The van der Waals surface area contributed by atoms with E-state index in [4.69, 9.17) is 8.92 Å². The van der Waals surface area contributed by atoms with Crippen LogP contribution in [0.15, 0.2) is 30.3 Å². The number of rotatable bonds is 8. The van der Waals surface area contributed by atoms with Crippen LogP contribution in [0.3, 0.4) is 0 Å². The zero-order valence-electron chi connectivity index (χ0n) is 9.96. The Labute approximate surface area is 103 Å². The topological polar surface area (TPSA) is 52.6 Å². The summed E-state index contributed by atoms with van der Waals surface area (Å²) in [6.45, 7) is 2.36. The van der Waals surface area contributed by atoms with E-state index in [9.17, 15) is 8.42 Å². The van der Waals surface area contributed by atoms with Crippen molar-refractivity contribution in [3.05, 3.63) is 30.3 Å². The first kappa shape index (κ1) is 14.0. The van der Waals surface area contributed by atoms with Crippen LogP contribution in [0.2, 0.25) is 0 Å². The summed E-state index contributed by atoms with van der Waals surface area (Å²) < 4.78 is 32.2. The first-order valence-electron chi connectivity index (χ1n) is 5.69. The van der Waals surface area contributed by atoms with Gasteiger partial charge >= 0.3 is 0 Å². The Morgan fingerprint density at radius 1 is 1.06 bits per heavy atom. The quantitative estimate of drug-likeness (QED) is 0.530. The van der Waals surface area contributed by atoms with Crippen molar-refractivity contribution >= 4 is 10.1 Å². The molecule has 0 saturated carbocycles. The SMILES string of the molecule is CCS(=O)(=O)OCCCCOc1ccccc1. The summed E-state index contributed by atoms with van der Waals surface area (Å²) >= 11 is 0. The molecule has 1 aromatic carbocycles. The maximum Gasteiger partial charge on any atom is 0.267 e. The lowest BCUT2D eigenvalue weighted by molar-refractivity contribution is 0.269. The number of benzene rings is 1. The van der Waals surface area contributed by atoms with E-state index in [1.54, 1.807) is 6.92 Å². The van der Waals surface area contributed by atoms with Crippen molar-refractivity contribution in [3.63, 3.8) is 0 Å². The van der Waals surface area contributed by atoms with Crippen molar-refractivity contribution in [1.82, 2.24) is 0 Å². The van der Waals surface area contributed by atoms with Gasteiger partial charge in [0.2, 0.25) is 0 Å². The summed E-state index contributed by atoms with van der Waals surface area (Å²) in [6, 6.07) is 9.52. The minimum absolute atomic E-state index is 0.0213. The monoisotopic (exact) mass is 258 g/mol. The molecule has 17 heavy (non-hydrogen) atoms. The van der Waals surface area contributed by atoms with Crippen molar-refractivity contribution < 1.29 is 17.3 Å². The highest BCUT2D eigenvalue weighted by molar-refractivity contribution is 7.86. The van der Waals surface area contributed by atoms with Gasteiger partial charge in [-0.1, -0.05) is 18.2 Å². The lowest BCUT2D eigenvalue weighted by Gasteiger charge is -2.06. The highest BCUT2D eigenvalue weighted by Crippen LogP contribution is 2.08. The van der Waals surface area contributed by atoms with Crippen LogP contribution in [-0.2, 0) is 14.3 Å². The molecule has 0 unspecified atom stereocenters. The van der Waals surface area contributed by atoms with Gasteiger partial charge in [0.1, 0.15) is 5.75 Å². The standard InChI is InChI=1S/C12H18O4S/c1-2-17(13,14)16-11-7-6-10-15-12-8-4-3-5-9-12/h3-5,8-9H,2,6-7,10-11H2,1H3. The predicted molar refractivity (Wildman–Crippen MR) is 66.6 cm³/mol. The fraction of sp³-hybridized carbons (Fsp3) is 0.500. The molecule has 0 saturated heterocycles. The molecule has 0 bridgehead atoms. The van der Waals surface area contributed by atoms with Gasteiger partial charge in [-0.25, -0.2) is 0 Å². The normalized spacial score (nSPS) is 11.4. The van der Waals surface area contributed by atoms with E-state index in [1.165, 1.54) is 0 Å². The number of ether oxygens (including phenoxy) is 1. The molecule has 5 heteroatoms. The zero-order valence-corrected chi connectivity index (χ0v) is 10.8. The van der Waals surface area contributed by atoms with Crippen molar-refractivity contribution in [2.75, 3.05) is 19.0 Å². The molecular weight excluding hydrogens is 240 g/mol. The largest absolute Gasteiger partial charge is 0.494 e. The van der Waals surface area contributed by atoms with Crippen molar-refractivity contribution in [2.45, 2.75) is 19.8 Å². The Kier molecular flexibility index (Phi) is 6.00. The van der Waals surface area contributed by atoms with Gasteiger partial charge in [-0.2, -0.15) is 8.42 Å². The van der Waals surface area contributed by atoms with Gasteiger partial charge in [0, 0.05) is 0 Å². The summed E-state index contributed by atoms with van der Waals surface area (Å²) in [5, 5.41) is 0. The zero-order chi connectivity index (χ0) is 12.6. The number of hydrogen-bond donors (Lipinski definition) is 0. The van der Waals surface area contributed by atoms with E-state index in [-0.39, 0.29) is 12.4 Å². The minimum Gasteiger partial charge on any atom is -0.494 e. The minimum atomic E-state index is -3.30. The molecular formula is C12H18O4S. The molecule has 0 aliphatic heterocycles. The van der Waals surface area contributed by atoms with E-state index in [2.05, 4.69) is 0 Å². The summed E-state index contributed by atoms with van der Waals surface area (Å²) in [5.74, 6) is 0.850. The molecule has 96 valence electrons. The fourth-order valence-corrected chi connectivity index (χ4v) is 1.72. The Bertz CT molecular complexity index is 400. The van der Waals surface area contributed by atoms with E-state index in [1.807, 2.05) is 30.3 Å². The van der Waals surface area contributed by atoms with Crippen LogP contribution < -0.4 is 4.74 Å². The number of unbranched alkanes of at least 4 members (excludes halogenated alkanes) is 1. The second kappa shape index (κ2) is 7.29. The van der Waals surface area contributed by atoms with Crippen LogP contribution in [0.25, 0.3) is 0 Å². The van der Waals surface area contributed by atoms with Crippen LogP contribution in [0.1, 0.15) is 19.8 Å². The summed E-state index contributed by atoms with van der Waals surface area (Å²) in [6.07, 6.45) is 1.44. The number of hydrogen-bond acceptors (Lipinski definition) is 4. The Hall–Kier alpha value is -1.07. The number of para-hydroxylation sites is 1. The third-order valence-electron chi connectivity index (χ3n) is 2.17. The molecule has 0 radical (unpaired) electrons. The first-order valence-corrected chi connectivity index (χ1v) is 7.27. The summed E-state index contributed by atoms with van der Waals surface area (Å²) in [4.78, 5) is 0. The first-order chi connectivity index (χ1) is 8.14. The van der Waals surface area contributed by atoms with Gasteiger partial charge in [0.15, 0.2) is 0 Å². The smallest absolute Gasteiger partial charge is 0.267 e. The van der Waals surface area contributed by atoms with Gasteiger partial charge in [-0.15, -0.1) is 0 Å². The lowest BCUT2D eigenvalue weighted by Crippen LogP contribution is -2.10. The molecule has 0 atom stereocenters. The van der Waals surface area contributed by atoms with Crippen molar-refractivity contribution in [2.24, 2.45) is 0 Å². The molecule has 0 heterocycles. The van der Waals surface area contributed by atoms with Gasteiger partial charge < -0.3 is 4.74 Å². The van der Waals surface area contributed by atoms with Gasteiger partial charge in [-0.05, 0) is 31.9 Å². The Balaban J connectivity index is 2.06. The van der Waals surface area contributed by atoms with E-state index >= 15 is 0 Å². The Morgan fingerprint density at radius 3 is 2.35 bits per heavy atom. The molecule has 1 aromatic rings. The van der Waals surface area contributed by atoms with E-state index in [0.29, 0.717) is 13.0 Å². The van der Waals surface area contributed by atoms with Crippen LogP contribution in [0.5, 0.6) is 5.75 Å². The molecule has 0 fully saturated rings. The van der Waals surface area contributed by atoms with Crippen molar-refractivity contribution in [3.8, 4) is 5.75 Å². The summed E-state index contributed by atoms with van der Waals surface area (Å²) in [5.41, 5.74) is 0. The fourth-order valence-electron chi connectivity index (χ4n) is 1.18. The third kappa shape index (κ3) is 6.28. The van der Waals surface area contributed by atoms with Crippen LogP contribution in [0, 0.1) is 0 Å². The Morgan fingerprint density at radius 2 is 1.71 bits per heavy atom. The maximum absolute atomic E-state index is 11.0. The average molecular weight is 258 g/mol. The second-order valence-electron chi connectivity index (χ2n) is 3.54. The third-order valence-corrected chi connectivity index (χ3v) is 3.40. The molecule has 0 N–H and O–H groups in total. The van der Waals surface area contributed by atoms with Gasteiger partial charge in [0.05, 0.1) is 19.0 Å². The van der Waals surface area contributed by atoms with Crippen LogP contribution >= 0.6 is 0 Å². The molecule has 0 aliphatic carbocycles. The molecule has 0 amide bonds. The van der Waals surface area contributed by atoms with Gasteiger partial charge in [-0.3, -0.25) is 4.18 Å². The maximum atomic E-state index is 11.0. The van der Waals surface area contributed by atoms with Crippen molar-refractivity contribution in [1.29, 1.82) is 0 Å². The highest BCUT2D eigenvalue weighted by atomic mass is 32.2. The van der Waals surface area contributed by atoms with Gasteiger partial charge in [0.25, 0.3) is 10.1 Å². The molecule has 1 rings (SSSR count). The highest BCUT2D eigenvalue weighted by Gasteiger charge is 2.05. The second-order valence-corrected chi connectivity index (χ2v) is 5.47. The van der Waals surface area contributed by atoms with E-state index in [0.717, 1.165) is 12.2 Å². The lowest BCUT2D eigenvalue weighted by atomic mass is 10.3.